The Balaban J connectivity index is 1.62. The Kier molecular flexibility index (Phi) is 3.63. The van der Waals surface area contributed by atoms with Crippen molar-refractivity contribution in [3.05, 3.63) is 59.4 Å². The number of benzene rings is 1. The first-order valence-electron chi connectivity index (χ1n) is 6.74. The summed E-state index contributed by atoms with van der Waals surface area (Å²) in [6.45, 7) is 0.608. The second-order valence-electron chi connectivity index (χ2n) is 4.79. The maximum atomic E-state index is 8.90. The lowest BCUT2D eigenvalue weighted by molar-refractivity contribution is 0.318. The minimum Gasteiger partial charge on any atom is -0.493 e. The van der Waals surface area contributed by atoms with Gasteiger partial charge >= 0.3 is 0 Å². The average Bonchev–Trinajstić information content (AvgIpc) is 2.90. The van der Waals surface area contributed by atoms with Gasteiger partial charge in [-0.25, -0.2) is 0 Å². The molecule has 0 spiro atoms. The van der Waals surface area contributed by atoms with E-state index in [2.05, 4.69) is 10.1 Å². The lowest BCUT2D eigenvalue weighted by Gasteiger charge is -2.07. The summed E-state index contributed by atoms with van der Waals surface area (Å²) in [7, 11) is 0. The smallest absolute Gasteiger partial charge is 0.119 e. The number of fused-ring (bicyclic) bond motifs is 1. The van der Waals surface area contributed by atoms with Crippen molar-refractivity contribution < 1.29 is 9.94 Å². The molecule has 0 atom stereocenters. The van der Waals surface area contributed by atoms with E-state index in [1.807, 2.05) is 36.4 Å². The fraction of sp³-hybridized carbons (Fsp3) is 0.250. The zero-order valence-corrected chi connectivity index (χ0v) is 11.1. The predicted molar refractivity (Wildman–Crippen MR) is 76.5 cm³/mol. The van der Waals surface area contributed by atoms with E-state index in [0.29, 0.717) is 6.61 Å². The Morgan fingerprint density at radius 1 is 1.20 bits per heavy atom. The molecule has 1 aliphatic carbocycles. The Bertz CT molecular complexity index is 624. The molecular formula is C16H16N2O2. The molecular weight excluding hydrogens is 252 g/mol. The number of oxime groups is 1. The molecule has 0 saturated carbocycles. The molecule has 1 N–H and O–H groups in total. The van der Waals surface area contributed by atoms with E-state index in [0.717, 1.165) is 42.0 Å². The van der Waals surface area contributed by atoms with Gasteiger partial charge < -0.3 is 9.94 Å². The van der Waals surface area contributed by atoms with Crippen molar-refractivity contribution in [3.63, 3.8) is 0 Å². The van der Waals surface area contributed by atoms with Crippen LogP contribution in [0.4, 0.5) is 0 Å². The van der Waals surface area contributed by atoms with Gasteiger partial charge in [-0.2, -0.15) is 0 Å². The van der Waals surface area contributed by atoms with Crippen LogP contribution in [0.3, 0.4) is 0 Å². The van der Waals surface area contributed by atoms with Crippen LogP contribution in [0, 0.1) is 0 Å². The van der Waals surface area contributed by atoms with E-state index in [1.54, 1.807) is 6.20 Å². The molecule has 0 aliphatic heterocycles. The summed E-state index contributed by atoms with van der Waals surface area (Å²) in [5.74, 6) is 0.860. The number of aromatic nitrogens is 1. The molecule has 0 unspecified atom stereocenters. The van der Waals surface area contributed by atoms with E-state index in [4.69, 9.17) is 9.94 Å². The first-order valence-corrected chi connectivity index (χ1v) is 6.74. The fourth-order valence-corrected chi connectivity index (χ4v) is 2.46. The second kappa shape index (κ2) is 5.74. The van der Waals surface area contributed by atoms with Crippen LogP contribution in [-0.4, -0.2) is 22.5 Å². The van der Waals surface area contributed by atoms with Crippen LogP contribution in [0.15, 0.2) is 47.8 Å². The van der Waals surface area contributed by atoms with Crippen LogP contribution in [0.2, 0.25) is 0 Å². The largest absolute Gasteiger partial charge is 0.493 e. The molecule has 0 amide bonds. The minimum atomic E-state index is 0.608. The van der Waals surface area contributed by atoms with Crippen LogP contribution >= 0.6 is 0 Å². The lowest BCUT2D eigenvalue weighted by Crippen LogP contribution is -2.03. The minimum absolute atomic E-state index is 0.608. The summed E-state index contributed by atoms with van der Waals surface area (Å²) >= 11 is 0. The van der Waals surface area contributed by atoms with Crippen molar-refractivity contribution >= 4 is 5.71 Å². The van der Waals surface area contributed by atoms with E-state index < -0.39 is 0 Å². The van der Waals surface area contributed by atoms with Crippen LogP contribution in [0.5, 0.6) is 5.75 Å². The van der Waals surface area contributed by atoms with Crippen molar-refractivity contribution in [2.45, 2.75) is 19.3 Å². The van der Waals surface area contributed by atoms with E-state index in [1.165, 1.54) is 5.56 Å². The van der Waals surface area contributed by atoms with Gasteiger partial charge in [0.05, 0.1) is 12.3 Å². The highest BCUT2D eigenvalue weighted by Crippen LogP contribution is 2.26. The molecule has 0 saturated heterocycles. The quantitative estimate of drug-likeness (QED) is 0.685. The summed E-state index contributed by atoms with van der Waals surface area (Å²) in [5.41, 5.74) is 4.01. The number of pyridine rings is 1. The van der Waals surface area contributed by atoms with Crippen molar-refractivity contribution in [2.24, 2.45) is 5.16 Å². The first kappa shape index (κ1) is 12.7. The summed E-state index contributed by atoms with van der Waals surface area (Å²) in [6.07, 6.45) is 4.29. The molecule has 2 aromatic rings. The molecule has 102 valence electrons. The van der Waals surface area contributed by atoms with Gasteiger partial charge in [0.2, 0.25) is 0 Å². The summed E-state index contributed by atoms with van der Waals surface area (Å²) < 4.78 is 5.76. The van der Waals surface area contributed by atoms with Crippen LogP contribution in [0.1, 0.15) is 23.2 Å². The number of rotatable bonds is 4. The standard InChI is InChI=1S/C16H16N2O2/c19-18-16-7-4-12-11-14(5-6-15(12)16)20-10-8-13-3-1-2-9-17-13/h1-3,5-6,9,11,19H,4,7-8,10H2/b18-16-. The highest BCUT2D eigenvalue weighted by molar-refractivity contribution is 6.04. The summed E-state index contributed by atoms with van der Waals surface area (Å²) in [6, 6.07) is 11.8. The molecule has 1 aliphatic rings. The van der Waals surface area contributed by atoms with Gasteiger partial charge in [0.15, 0.2) is 0 Å². The van der Waals surface area contributed by atoms with Gasteiger partial charge in [-0.1, -0.05) is 11.2 Å². The third kappa shape index (κ3) is 2.64. The van der Waals surface area contributed by atoms with Crippen LogP contribution in [0.25, 0.3) is 0 Å². The normalized spacial score (nSPS) is 15.3. The Morgan fingerprint density at radius 2 is 2.15 bits per heavy atom. The maximum Gasteiger partial charge on any atom is 0.119 e. The molecule has 4 nitrogen and oxygen atoms in total. The highest BCUT2D eigenvalue weighted by Gasteiger charge is 2.18. The molecule has 4 heteroatoms. The number of ether oxygens (including phenoxy) is 1. The molecule has 20 heavy (non-hydrogen) atoms. The molecule has 1 heterocycles. The van der Waals surface area contributed by atoms with Crippen molar-refractivity contribution in [1.82, 2.24) is 4.98 Å². The lowest BCUT2D eigenvalue weighted by atomic mass is 10.1. The highest BCUT2D eigenvalue weighted by atomic mass is 16.5. The molecule has 3 rings (SSSR count). The molecule has 0 bridgehead atoms. The third-order valence-corrected chi connectivity index (χ3v) is 3.49. The van der Waals surface area contributed by atoms with Crippen LogP contribution < -0.4 is 4.74 Å². The van der Waals surface area contributed by atoms with Crippen molar-refractivity contribution in [3.8, 4) is 5.75 Å². The predicted octanol–water partition coefficient (Wildman–Crippen LogP) is 2.83. The molecule has 1 aromatic carbocycles. The van der Waals surface area contributed by atoms with Gasteiger partial charge in [-0.15, -0.1) is 0 Å². The Labute approximate surface area is 117 Å². The van der Waals surface area contributed by atoms with Crippen molar-refractivity contribution in [2.75, 3.05) is 6.61 Å². The third-order valence-electron chi connectivity index (χ3n) is 3.49. The zero-order valence-electron chi connectivity index (χ0n) is 11.1. The molecule has 1 aromatic heterocycles. The van der Waals surface area contributed by atoms with Gasteiger partial charge in [-0.05, 0) is 48.7 Å². The first-order chi connectivity index (χ1) is 9.86. The second-order valence-corrected chi connectivity index (χ2v) is 4.79. The van der Waals surface area contributed by atoms with Gasteiger partial charge in [0, 0.05) is 23.9 Å². The fourth-order valence-electron chi connectivity index (χ4n) is 2.46. The number of aryl methyl sites for hydroxylation is 1. The summed E-state index contributed by atoms with van der Waals surface area (Å²) in [5, 5.41) is 12.2. The van der Waals surface area contributed by atoms with E-state index in [9.17, 15) is 0 Å². The van der Waals surface area contributed by atoms with E-state index >= 15 is 0 Å². The Hall–Kier alpha value is -2.36. The molecule has 0 radical (unpaired) electrons. The van der Waals surface area contributed by atoms with Gasteiger partial charge in [0.1, 0.15) is 5.75 Å². The van der Waals surface area contributed by atoms with Gasteiger partial charge in [0.25, 0.3) is 0 Å². The van der Waals surface area contributed by atoms with Crippen LogP contribution in [-0.2, 0) is 12.8 Å². The number of hydrogen-bond acceptors (Lipinski definition) is 4. The number of hydrogen-bond donors (Lipinski definition) is 1. The van der Waals surface area contributed by atoms with Crippen molar-refractivity contribution in [1.29, 1.82) is 0 Å². The summed E-state index contributed by atoms with van der Waals surface area (Å²) in [4.78, 5) is 4.27. The Morgan fingerprint density at radius 3 is 2.95 bits per heavy atom. The SMILES string of the molecule is O/N=C1/CCc2cc(OCCc3ccccn3)ccc21. The topological polar surface area (TPSA) is 54.7 Å². The maximum absolute atomic E-state index is 8.90. The average molecular weight is 268 g/mol. The zero-order chi connectivity index (χ0) is 13.8. The van der Waals surface area contributed by atoms with Gasteiger partial charge in [-0.3, -0.25) is 4.98 Å². The monoisotopic (exact) mass is 268 g/mol. The van der Waals surface area contributed by atoms with E-state index in [-0.39, 0.29) is 0 Å². The molecule has 0 fully saturated rings. The number of nitrogens with zero attached hydrogens (tertiary/aromatic N) is 2.